The molecular formula is C15H18N2O2. The highest BCUT2D eigenvalue weighted by Gasteiger charge is 2.13. The molecule has 2 aromatic rings. The van der Waals surface area contributed by atoms with E-state index in [4.69, 9.17) is 5.11 Å². The maximum Gasteiger partial charge on any atom is 0.253 e. The van der Waals surface area contributed by atoms with Crippen molar-refractivity contribution in [3.8, 4) is 0 Å². The lowest BCUT2D eigenvalue weighted by atomic mass is 10.1. The van der Waals surface area contributed by atoms with Gasteiger partial charge in [-0.15, -0.1) is 0 Å². The highest BCUT2D eigenvalue weighted by molar-refractivity contribution is 5.98. The Hall–Kier alpha value is -1.94. The van der Waals surface area contributed by atoms with E-state index in [-0.39, 0.29) is 18.6 Å². The largest absolute Gasteiger partial charge is 0.394 e. The molecular weight excluding hydrogens is 240 g/mol. The summed E-state index contributed by atoms with van der Waals surface area (Å²) in [5.41, 5.74) is 3.28. The first-order valence-electron chi connectivity index (χ1n) is 6.31. The van der Waals surface area contributed by atoms with Crippen LogP contribution in [-0.4, -0.2) is 28.6 Å². The molecule has 1 unspecified atom stereocenters. The number of carbonyl (C=O) groups excluding carboxylic acids is 1. The van der Waals surface area contributed by atoms with E-state index in [0.29, 0.717) is 11.3 Å². The van der Waals surface area contributed by atoms with Gasteiger partial charge in [-0.1, -0.05) is 12.1 Å². The summed E-state index contributed by atoms with van der Waals surface area (Å²) in [5.74, 6) is -0.200. The van der Waals surface area contributed by atoms with Crippen LogP contribution in [0.15, 0.2) is 24.3 Å². The van der Waals surface area contributed by atoms with Crippen molar-refractivity contribution in [2.75, 3.05) is 6.61 Å². The standard InChI is InChI=1S/C15H18N2O2/c1-9-4-5-12-7-13(11(3)17-14(12)6-9)15(19)16-10(2)8-18/h4-7,10,18H,8H2,1-3H3,(H,16,19). The second kappa shape index (κ2) is 5.36. The van der Waals surface area contributed by atoms with Crippen molar-refractivity contribution in [2.45, 2.75) is 26.8 Å². The molecule has 0 saturated carbocycles. The van der Waals surface area contributed by atoms with Crippen molar-refractivity contribution < 1.29 is 9.90 Å². The van der Waals surface area contributed by atoms with Gasteiger partial charge in [0.15, 0.2) is 0 Å². The molecule has 1 amide bonds. The van der Waals surface area contributed by atoms with E-state index in [1.807, 2.05) is 38.1 Å². The Morgan fingerprint density at radius 2 is 2.11 bits per heavy atom. The number of hydrogen-bond donors (Lipinski definition) is 2. The molecule has 2 N–H and O–H groups in total. The number of pyridine rings is 1. The molecule has 1 aromatic carbocycles. The lowest BCUT2D eigenvalue weighted by Crippen LogP contribution is -2.35. The van der Waals surface area contributed by atoms with Crippen LogP contribution < -0.4 is 5.32 Å². The predicted octanol–water partition coefficient (Wildman–Crippen LogP) is 1.96. The Bertz CT molecular complexity index is 623. The van der Waals surface area contributed by atoms with Crippen LogP contribution in [0.25, 0.3) is 10.9 Å². The van der Waals surface area contributed by atoms with E-state index in [1.165, 1.54) is 0 Å². The van der Waals surface area contributed by atoms with Crippen LogP contribution in [0, 0.1) is 13.8 Å². The van der Waals surface area contributed by atoms with E-state index in [2.05, 4.69) is 10.3 Å². The van der Waals surface area contributed by atoms with Gasteiger partial charge in [0.25, 0.3) is 5.91 Å². The second-order valence-corrected chi connectivity index (χ2v) is 4.87. The third kappa shape index (κ3) is 2.90. The maximum atomic E-state index is 12.1. The Labute approximate surface area is 112 Å². The summed E-state index contributed by atoms with van der Waals surface area (Å²) in [6.07, 6.45) is 0. The summed E-state index contributed by atoms with van der Waals surface area (Å²) in [6, 6.07) is 7.54. The molecule has 0 spiro atoms. The van der Waals surface area contributed by atoms with Crippen LogP contribution in [0.5, 0.6) is 0 Å². The summed E-state index contributed by atoms with van der Waals surface area (Å²) in [7, 11) is 0. The first-order valence-corrected chi connectivity index (χ1v) is 6.31. The molecule has 0 fully saturated rings. The average Bonchev–Trinajstić information content (AvgIpc) is 2.37. The smallest absolute Gasteiger partial charge is 0.253 e. The topological polar surface area (TPSA) is 62.2 Å². The zero-order valence-electron chi connectivity index (χ0n) is 11.4. The minimum absolute atomic E-state index is 0.0784. The number of benzene rings is 1. The summed E-state index contributed by atoms with van der Waals surface area (Å²) < 4.78 is 0. The quantitative estimate of drug-likeness (QED) is 0.884. The summed E-state index contributed by atoms with van der Waals surface area (Å²) in [5, 5.41) is 12.6. The molecule has 19 heavy (non-hydrogen) atoms. The molecule has 2 rings (SSSR count). The Balaban J connectivity index is 2.41. The Kier molecular flexibility index (Phi) is 3.81. The van der Waals surface area contributed by atoms with Gasteiger partial charge >= 0.3 is 0 Å². The highest BCUT2D eigenvalue weighted by atomic mass is 16.3. The van der Waals surface area contributed by atoms with Gasteiger partial charge in [-0.2, -0.15) is 0 Å². The number of rotatable bonds is 3. The zero-order valence-corrected chi connectivity index (χ0v) is 11.4. The summed E-state index contributed by atoms with van der Waals surface area (Å²) in [6.45, 7) is 5.51. The SMILES string of the molecule is Cc1ccc2cc(C(=O)NC(C)CO)c(C)nc2c1. The minimum atomic E-state index is -0.263. The lowest BCUT2D eigenvalue weighted by molar-refractivity contribution is 0.0921. The van der Waals surface area contributed by atoms with E-state index in [0.717, 1.165) is 16.5 Å². The van der Waals surface area contributed by atoms with Crippen LogP contribution in [0.1, 0.15) is 28.5 Å². The monoisotopic (exact) mass is 258 g/mol. The molecule has 4 nitrogen and oxygen atoms in total. The fourth-order valence-electron chi connectivity index (χ4n) is 1.95. The van der Waals surface area contributed by atoms with Crippen molar-refractivity contribution in [3.05, 3.63) is 41.1 Å². The van der Waals surface area contributed by atoms with Gasteiger partial charge in [-0.25, -0.2) is 0 Å². The van der Waals surface area contributed by atoms with Gasteiger partial charge in [0.05, 0.1) is 23.4 Å². The second-order valence-electron chi connectivity index (χ2n) is 4.87. The van der Waals surface area contributed by atoms with E-state index >= 15 is 0 Å². The molecule has 1 heterocycles. The number of aliphatic hydroxyl groups is 1. The minimum Gasteiger partial charge on any atom is -0.394 e. The maximum absolute atomic E-state index is 12.1. The number of hydrogen-bond acceptors (Lipinski definition) is 3. The van der Waals surface area contributed by atoms with Crippen LogP contribution in [0.2, 0.25) is 0 Å². The third-order valence-electron chi connectivity index (χ3n) is 3.06. The van der Waals surface area contributed by atoms with E-state index in [1.54, 1.807) is 6.92 Å². The number of nitrogens with one attached hydrogen (secondary N) is 1. The number of fused-ring (bicyclic) bond motifs is 1. The molecule has 0 radical (unpaired) electrons. The molecule has 100 valence electrons. The van der Waals surface area contributed by atoms with Gasteiger partial charge in [-0.3, -0.25) is 9.78 Å². The van der Waals surface area contributed by atoms with E-state index < -0.39 is 0 Å². The van der Waals surface area contributed by atoms with Gasteiger partial charge in [0.1, 0.15) is 0 Å². The summed E-state index contributed by atoms with van der Waals surface area (Å²) in [4.78, 5) is 16.6. The number of carbonyl (C=O) groups is 1. The number of amides is 1. The first kappa shape index (κ1) is 13.5. The average molecular weight is 258 g/mol. The Morgan fingerprint density at radius 3 is 2.79 bits per heavy atom. The van der Waals surface area contributed by atoms with Gasteiger partial charge in [0, 0.05) is 11.4 Å². The van der Waals surface area contributed by atoms with Gasteiger partial charge in [0.2, 0.25) is 0 Å². The zero-order chi connectivity index (χ0) is 14.0. The van der Waals surface area contributed by atoms with Gasteiger partial charge < -0.3 is 10.4 Å². The fraction of sp³-hybridized carbons (Fsp3) is 0.333. The van der Waals surface area contributed by atoms with Crippen molar-refractivity contribution in [1.82, 2.24) is 10.3 Å². The molecule has 0 aliphatic rings. The van der Waals surface area contributed by atoms with Crippen LogP contribution in [0.3, 0.4) is 0 Å². The fourth-order valence-corrected chi connectivity index (χ4v) is 1.95. The Morgan fingerprint density at radius 1 is 1.37 bits per heavy atom. The normalized spacial score (nSPS) is 12.4. The van der Waals surface area contributed by atoms with Gasteiger partial charge in [-0.05, 0) is 38.5 Å². The molecule has 0 aliphatic carbocycles. The predicted molar refractivity (Wildman–Crippen MR) is 75.2 cm³/mol. The molecule has 0 aliphatic heterocycles. The van der Waals surface area contributed by atoms with Crippen molar-refractivity contribution in [1.29, 1.82) is 0 Å². The molecule has 1 aromatic heterocycles. The van der Waals surface area contributed by atoms with Crippen LogP contribution in [0.4, 0.5) is 0 Å². The number of nitrogens with zero attached hydrogens (tertiary/aromatic N) is 1. The number of aliphatic hydroxyl groups excluding tert-OH is 1. The lowest BCUT2D eigenvalue weighted by Gasteiger charge is -2.12. The molecule has 4 heteroatoms. The van der Waals surface area contributed by atoms with E-state index in [9.17, 15) is 4.79 Å². The molecule has 0 bridgehead atoms. The third-order valence-corrected chi connectivity index (χ3v) is 3.06. The molecule has 1 atom stereocenters. The molecule has 0 saturated heterocycles. The van der Waals surface area contributed by atoms with Crippen LogP contribution in [-0.2, 0) is 0 Å². The number of aromatic nitrogens is 1. The van der Waals surface area contributed by atoms with Crippen molar-refractivity contribution in [3.63, 3.8) is 0 Å². The van der Waals surface area contributed by atoms with Crippen molar-refractivity contribution >= 4 is 16.8 Å². The first-order chi connectivity index (χ1) is 9.01. The van der Waals surface area contributed by atoms with Crippen molar-refractivity contribution in [2.24, 2.45) is 0 Å². The van der Waals surface area contributed by atoms with Crippen LogP contribution >= 0.6 is 0 Å². The summed E-state index contributed by atoms with van der Waals surface area (Å²) >= 11 is 0. The highest BCUT2D eigenvalue weighted by Crippen LogP contribution is 2.18. The number of aryl methyl sites for hydroxylation is 2.